The van der Waals surface area contributed by atoms with Gasteiger partial charge in [0.2, 0.25) is 0 Å². The van der Waals surface area contributed by atoms with Crippen LogP contribution in [-0.2, 0) is 37.6 Å². The minimum atomic E-state index is -0.155. The van der Waals surface area contributed by atoms with E-state index in [9.17, 15) is 4.79 Å². The maximum atomic E-state index is 12.9. The first-order valence-corrected chi connectivity index (χ1v) is 9.70. The van der Waals surface area contributed by atoms with Crippen molar-refractivity contribution in [2.24, 2.45) is 7.05 Å². The number of benzene rings is 1. The number of para-hydroxylation sites is 1. The van der Waals surface area contributed by atoms with Gasteiger partial charge in [-0.25, -0.2) is 4.79 Å². The van der Waals surface area contributed by atoms with Crippen LogP contribution in [0.1, 0.15) is 46.9 Å². The standard InChI is InChI=1S/C22H24N2O2/c1-3-26-22(25)19-16-9-5-7-11-18(16)24-13-12-15-14-8-4-6-10-17(14)23(2)20(15)21(19)24/h4,6,8,10H,3,5,7,9,11-13H2,1-2H3. The maximum absolute atomic E-state index is 12.9. The van der Waals surface area contributed by atoms with Crippen LogP contribution in [0.2, 0.25) is 0 Å². The number of hydrogen-bond donors (Lipinski definition) is 0. The summed E-state index contributed by atoms with van der Waals surface area (Å²) in [6, 6.07) is 8.57. The Balaban J connectivity index is 1.86. The first-order valence-electron chi connectivity index (χ1n) is 9.70. The summed E-state index contributed by atoms with van der Waals surface area (Å²) in [5.41, 5.74) is 8.34. The van der Waals surface area contributed by atoms with Crippen LogP contribution in [0, 0.1) is 0 Å². The molecule has 26 heavy (non-hydrogen) atoms. The zero-order valence-corrected chi connectivity index (χ0v) is 15.5. The fourth-order valence-electron chi connectivity index (χ4n) is 5.04. The van der Waals surface area contributed by atoms with Crippen molar-refractivity contribution in [1.29, 1.82) is 0 Å². The summed E-state index contributed by atoms with van der Waals surface area (Å²) in [4.78, 5) is 12.9. The molecule has 0 saturated heterocycles. The number of nitrogens with zero attached hydrogens (tertiary/aromatic N) is 2. The molecule has 5 rings (SSSR count). The second-order valence-corrected chi connectivity index (χ2v) is 7.38. The number of rotatable bonds is 2. The van der Waals surface area contributed by atoms with Gasteiger partial charge in [-0.3, -0.25) is 0 Å². The lowest BCUT2D eigenvalue weighted by atomic mass is 9.94. The number of esters is 1. The Bertz CT molecular complexity index is 1040. The molecule has 0 saturated carbocycles. The van der Waals surface area contributed by atoms with Crippen LogP contribution in [-0.4, -0.2) is 21.7 Å². The molecule has 1 aliphatic carbocycles. The van der Waals surface area contributed by atoms with Crippen molar-refractivity contribution in [3.05, 3.63) is 46.6 Å². The van der Waals surface area contributed by atoms with Gasteiger partial charge in [-0.2, -0.15) is 0 Å². The largest absolute Gasteiger partial charge is 0.462 e. The predicted molar refractivity (Wildman–Crippen MR) is 103 cm³/mol. The summed E-state index contributed by atoms with van der Waals surface area (Å²) >= 11 is 0. The number of ether oxygens (including phenoxy) is 1. The summed E-state index contributed by atoms with van der Waals surface area (Å²) in [7, 11) is 2.12. The summed E-state index contributed by atoms with van der Waals surface area (Å²) in [5.74, 6) is -0.155. The van der Waals surface area contributed by atoms with Crippen molar-refractivity contribution in [3.63, 3.8) is 0 Å². The van der Waals surface area contributed by atoms with Gasteiger partial charge in [0.1, 0.15) is 0 Å². The first-order chi connectivity index (χ1) is 12.7. The molecule has 3 aromatic rings. The highest BCUT2D eigenvalue weighted by atomic mass is 16.5. The van der Waals surface area contributed by atoms with E-state index < -0.39 is 0 Å². The van der Waals surface area contributed by atoms with Gasteiger partial charge in [-0.15, -0.1) is 0 Å². The highest BCUT2D eigenvalue weighted by molar-refractivity contribution is 6.02. The van der Waals surface area contributed by atoms with Gasteiger partial charge in [-0.05, 0) is 56.2 Å². The molecule has 134 valence electrons. The Kier molecular flexibility index (Phi) is 3.49. The fourth-order valence-corrected chi connectivity index (χ4v) is 5.04. The molecule has 0 N–H and O–H groups in total. The van der Waals surface area contributed by atoms with Crippen LogP contribution < -0.4 is 0 Å². The normalized spacial score (nSPS) is 15.5. The lowest BCUT2D eigenvalue weighted by Crippen LogP contribution is -2.16. The molecule has 4 nitrogen and oxygen atoms in total. The quantitative estimate of drug-likeness (QED) is 0.649. The number of aromatic nitrogens is 2. The van der Waals surface area contributed by atoms with Gasteiger partial charge in [-0.1, -0.05) is 18.2 Å². The Morgan fingerprint density at radius 3 is 2.73 bits per heavy atom. The van der Waals surface area contributed by atoms with Crippen LogP contribution in [0.5, 0.6) is 0 Å². The van der Waals surface area contributed by atoms with Crippen LogP contribution >= 0.6 is 0 Å². The van der Waals surface area contributed by atoms with Crippen LogP contribution in [0.15, 0.2) is 24.3 Å². The lowest BCUT2D eigenvalue weighted by Gasteiger charge is -2.22. The molecule has 0 fully saturated rings. The maximum Gasteiger partial charge on any atom is 0.340 e. The monoisotopic (exact) mass is 348 g/mol. The molecule has 0 atom stereocenters. The summed E-state index contributed by atoms with van der Waals surface area (Å²) in [6.07, 6.45) is 5.45. The van der Waals surface area contributed by atoms with E-state index in [0.29, 0.717) is 6.61 Å². The fraction of sp³-hybridized carbons (Fsp3) is 0.409. The Morgan fingerprint density at radius 1 is 1.08 bits per heavy atom. The molecule has 2 aliphatic rings. The van der Waals surface area contributed by atoms with Crippen LogP contribution in [0.4, 0.5) is 0 Å². The number of carbonyl (C=O) groups excluding carboxylic acids is 1. The second-order valence-electron chi connectivity index (χ2n) is 7.38. The molecule has 4 heteroatoms. The van der Waals surface area contributed by atoms with Gasteiger partial charge in [0, 0.05) is 30.2 Å². The minimum Gasteiger partial charge on any atom is -0.462 e. The molecule has 0 bridgehead atoms. The van der Waals surface area contributed by atoms with Gasteiger partial charge in [0.15, 0.2) is 0 Å². The average molecular weight is 348 g/mol. The SMILES string of the molecule is CCOC(=O)c1c2c(n3c1-c1c(c4ccccc4n1C)CC3)CCCC2. The predicted octanol–water partition coefficient (Wildman–Crippen LogP) is 4.26. The third-order valence-electron chi connectivity index (χ3n) is 6.07. The molecule has 1 aliphatic heterocycles. The van der Waals surface area contributed by atoms with Gasteiger partial charge < -0.3 is 13.9 Å². The molecule has 0 amide bonds. The van der Waals surface area contributed by atoms with Crippen molar-refractivity contribution in [3.8, 4) is 11.4 Å². The van der Waals surface area contributed by atoms with E-state index >= 15 is 0 Å². The summed E-state index contributed by atoms with van der Waals surface area (Å²) in [5, 5.41) is 1.31. The van der Waals surface area contributed by atoms with Gasteiger partial charge in [0.05, 0.1) is 23.6 Å². The Morgan fingerprint density at radius 2 is 1.88 bits per heavy atom. The van der Waals surface area contributed by atoms with E-state index in [4.69, 9.17) is 4.74 Å². The van der Waals surface area contributed by atoms with E-state index in [1.807, 2.05) is 6.92 Å². The minimum absolute atomic E-state index is 0.155. The molecular weight excluding hydrogens is 324 g/mol. The van der Waals surface area contributed by atoms with E-state index in [0.717, 1.165) is 43.5 Å². The molecule has 1 aromatic carbocycles. The molecule has 0 radical (unpaired) electrons. The van der Waals surface area contributed by atoms with Crippen molar-refractivity contribution in [2.75, 3.05) is 6.61 Å². The smallest absolute Gasteiger partial charge is 0.340 e. The molecule has 0 spiro atoms. The molecular formula is C22H24N2O2. The highest BCUT2D eigenvalue weighted by Gasteiger charge is 2.35. The van der Waals surface area contributed by atoms with Gasteiger partial charge >= 0.3 is 5.97 Å². The number of fused-ring (bicyclic) bond motifs is 7. The number of aryl methyl sites for hydroxylation is 2. The first kappa shape index (κ1) is 15.7. The topological polar surface area (TPSA) is 36.2 Å². The molecule has 0 unspecified atom stereocenters. The van der Waals surface area contributed by atoms with E-state index in [-0.39, 0.29) is 5.97 Å². The zero-order valence-electron chi connectivity index (χ0n) is 15.5. The van der Waals surface area contributed by atoms with Crippen molar-refractivity contribution in [1.82, 2.24) is 9.13 Å². The van der Waals surface area contributed by atoms with E-state index in [1.54, 1.807) is 0 Å². The summed E-state index contributed by atoms with van der Waals surface area (Å²) < 4.78 is 10.2. The molecule has 2 aromatic heterocycles. The average Bonchev–Trinajstić information content (AvgIpc) is 3.15. The van der Waals surface area contributed by atoms with Crippen molar-refractivity contribution < 1.29 is 9.53 Å². The zero-order chi connectivity index (χ0) is 17.8. The second kappa shape index (κ2) is 5.76. The third kappa shape index (κ3) is 1.99. The van der Waals surface area contributed by atoms with Crippen LogP contribution in [0.3, 0.4) is 0 Å². The number of carbonyl (C=O) groups is 1. The van der Waals surface area contributed by atoms with Crippen molar-refractivity contribution >= 4 is 16.9 Å². The van der Waals surface area contributed by atoms with Crippen molar-refractivity contribution in [2.45, 2.75) is 45.6 Å². The van der Waals surface area contributed by atoms with E-state index in [1.165, 1.54) is 39.8 Å². The third-order valence-corrected chi connectivity index (χ3v) is 6.07. The van der Waals surface area contributed by atoms with Gasteiger partial charge in [0.25, 0.3) is 0 Å². The van der Waals surface area contributed by atoms with Crippen LogP contribution in [0.25, 0.3) is 22.3 Å². The summed E-state index contributed by atoms with van der Waals surface area (Å²) in [6.45, 7) is 3.26. The molecule has 3 heterocycles. The van der Waals surface area contributed by atoms with E-state index in [2.05, 4.69) is 40.4 Å². The number of hydrogen-bond acceptors (Lipinski definition) is 2. The highest BCUT2D eigenvalue weighted by Crippen LogP contribution is 2.43. The Labute approximate surface area is 153 Å². The lowest BCUT2D eigenvalue weighted by molar-refractivity contribution is 0.0526. The Hall–Kier alpha value is -2.49.